The minimum absolute atomic E-state index is 0.704. The molecule has 3 heteroatoms. The number of nitrogens with one attached hydrogen (secondary N) is 1. The van der Waals surface area contributed by atoms with Gasteiger partial charge in [-0.2, -0.15) is 0 Å². The van der Waals surface area contributed by atoms with Gasteiger partial charge in [0.15, 0.2) is 0 Å². The van der Waals surface area contributed by atoms with Gasteiger partial charge < -0.3 is 9.73 Å². The second kappa shape index (κ2) is 4.36. The smallest absolute Gasteiger partial charge is 0.149 e. The van der Waals surface area contributed by atoms with Crippen molar-refractivity contribution in [1.82, 2.24) is 5.32 Å². The van der Waals surface area contributed by atoms with Crippen molar-refractivity contribution < 1.29 is 4.42 Å². The van der Waals surface area contributed by atoms with Crippen LogP contribution >= 0.6 is 15.9 Å². The fourth-order valence-electron chi connectivity index (χ4n) is 2.47. The lowest BCUT2D eigenvalue weighted by molar-refractivity contribution is 0.512. The Kier molecular flexibility index (Phi) is 2.64. The standard InChI is InChI=1S/C16H14BrNO/c17-15-14-4-2-1-3-10(14)7-11-8-13(19-16(11)15)9-18-12-5-6-12/h1-4,7-8,12,18H,5-6,9H2. The summed E-state index contributed by atoms with van der Waals surface area (Å²) >= 11 is 3.67. The molecule has 96 valence electrons. The summed E-state index contributed by atoms with van der Waals surface area (Å²) in [6.07, 6.45) is 2.60. The maximum Gasteiger partial charge on any atom is 0.149 e. The highest BCUT2D eigenvalue weighted by Crippen LogP contribution is 2.34. The number of hydrogen-bond acceptors (Lipinski definition) is 2. The van der Waals surface area contributed by atoms with Crippen LogP contribution in [-0.4, -0.2) is 6.04 Å². The highest BCUT2D eigenvalue weighted by molar-refractivity contribution is 9.10. The van der Waals surface area contributed by atoms with Crippen LogP contribution in [0.15, 0.2) is 45.3 Å². The third-order valence-electron chi connectivity index (χ3n) is 3.66. The van der Waals surface area contributed by atoms with Gasteiger partial charge in [0, 0.05) is 11.4 Å². The summed E-state index contributed by atoms with van der Waals surface area (Å²) < 4.78 is 7.03. The van der Waals surface area contributed by atoms with Gasteiger partial charge in [0.1, 0.15) is 11.3 Å². The molecule has 0 unspecified atom stereocenters. The molecule has 0 aliphatic heterocycles. The van der Waals surface area contributed by atoms with E-state index < -0.39 is 0 Å². The molecule has 0 bridgehead atoms. The van der Waals surface area contributed by atoms with E-state index in [1.165, 1.54) is 23.6 Å². The van der Waals surface area contributed by atoms with Crippen molar-refractivity contribution in [2.75, 3.05) is 0 Å². The second-order valence-electron chi connectivity index (χ2n) is 5.20. The van der Waals surface area contributed by atoms with Gasteiger partial charge in [0.2, 0.25) is 0 Å². The molecule has 1 saturated carbocycles. The van der Waals surface area contributed by atoms with Gasteiger partial charge in [-0.3, -0.25) is 0 Å². The SMILES string of the molecule is Brc1c2ccccc2cc2cc(CNC3CC3)oc12. The average molecular weight is 316 g/mol. The minimum Gasteiger partial charge on any atom is -0.458 e. The highest BCUT2D eigenvalue weighted by Gasteiger charge is 2.21. The van der Waals surface area contributed by atoms with Crippen LogP contribution in [0, 0.1) is 0 Å². The summed E-state index contributed by atoms with van der Waals surface area (Å²) in [5, 5.41) is 7.09. The zero-order valence-corrected chi connectivity index (χ0v) is 12.0. The largest absolute Gasteiger partial charge is 0.458 e. The lowest BCUT2D eigenvalue weighted by atomic mass is 10.1. The maximum absolute atomic E-state index is 5.98. The van der Waals surface area contributed by atoms with Crippen LogP contribution in [0.4, 0.5) is 0 Å². The number of rotatable bonds is 3. The Hall–Kier alpha value is -1.32. The molecule has 4 rings (SSSR count). The molecule has 0 spiro atoms. The summed E-state index contributed by atoms with van der Waals surface area (Å²) in [5.41, 5.74) is 0.950. The van der Waals surface area contributed by atoms with Gasteiger partial charge in [-0.05, 0) is 51.7 Å². The summed E-state index contributed by atoms with van der Waals surface area (Å²) in [6, 6.07) is 13.4. The highest BCUT2D eigenvalue weighted by atomic mass is 79.9. The third kappa shape index (κ3) is 2.07. The van der Waals surface area contributed by atoms with Gasteiger partial charge in [0.25, 0.3) is 0 Å². The van der Waals surface area contributed by atoms with Crippen molar-refractivity contribution in [3.05, 3.63) is 46.6 Å². The van der Waals surface area contributed by atoms with Gasteiger partial charge in [-0.25, -0.2) is 0 Å². The van der Waals surface area contributed by atoms with Gasteiger partial charge in [-0.1, -0.05) is 24.3 Å². The summed E-state index contributed by atoms with van der Waals surface area (Å²) in [6.45, 7) is 0.822. The molecular weight excluding hydrogens is 302 g/mol. The van der Waals surface area contributed by atoms with Crippen LogP contribution < -0.4 is 5.32 Å². The fraction of sp³-hybridized carbons (Fsp3) is 0.250. The Bertz CT molecular complexity index is 758. The molecule has 0 amide bonds. The quantitative estimate of drug-likeness (QED) is 0.764. The first-order chi connectivity index (χ1) is 9.31. The van der Waals surface area contributed by atoms with E-state index in [0.717, 1.165) is 27.7 Å². The van der Waals surface area contributed by atoms with Gasteiger partial charge >= 0.3 is 0 Å². The Morgan fingerprint density at radius 3 is 2.84 bits per heavy atom. The van der Waals surface area contributed by atoms with Crippen LogP contribution in [0.5, 0.6) is 0 Å². The van der Waals surface area contributed by atoms with Crippen molar-refractivity contribution in [3.8, 4) is 0 Å². The number of hydrogen-bond donors (Lipinski definition) is 1. The van der Waals surface area contributed by atoms with Crippen LogP contribution in [-0.2, 0) is 6.54 Å². The second-order valence-corrected chi connectivity index (χ2v) is 5.99. The van der Waals surface area contributed by atoms with E-state index in [-0.39, 0.29) is 0 Å². The molecular formula is C16H14BrNO. The first kappa shape index (κ1) is 11.5. The normalized spacial score (nSPS) is 15.4. The predicted octanol–water partition coefficient (Wildman–Crippen LogP) is 4.60. The number of fused-ring (bicyclic) bond motifs is 2. The van der Waals surface area contributed by atoms with Crippen molar-refractivity contribution in [1.29, 1.82) is 0 Å². The lowest BCUT2D eigenvalue weighted by Gasteiger charge is -2.01. The Morgan fingerprint density at radius 1 is 1.16 bits per heavy atom. The minimum atomic E-state index is 0.704. The number of benzene rings is 2. The Labute approximate surface area is 119 Å². The molecule has 1 aromatic heterocycles. The molecule has 19 heavy (non-hydrogen) atoms. The van der Waals surface area contributed by atoms with Crippen LogP contribution in [0.25, 0.3) is 21.7 Å². The van der Waals surface area contributed by atoms with Crippen molar-refractivity contribution in [2.45, 2.75) is 25.4 Å². The molecule has 0 radical (unpaired) electrons. The number of furan rings is 1. The molecule has 1 N–H and O–H groups in total. The Balaban J connectivity index is 1.82. The lowest BCUT2D eigenvalue weighted by Crippen LogP contribution is -2.14. The zero-order chi connectivity index (χ0) is 12.8. The van der Waals surface area contributed by atoms with Crippen LogP contribution in [0.2, 0.25) is 0 Å². The Morgan fingerprint density at radius 2 is 2.00 bits per heavy atom. The summed E-state index contributed by atoms with van der Waals surface area (Å²) in [5.74, 6) is 1.01. The van der Waals surface area contributed by atoms with Gasteiger partial charge in [-0.15, -0.1) is 0 Å². The van der Waals surface area contributed by atoms with Crippen molar-refractivity contribution in [3.63, 3.8) is 0 Å². The molecule has 1 fully saturated rings. The summed E-state index contributed by atoms with van der Waals surface area (Å²) in [4.78, 5) is 0. The maximum atomic E-state index is 5.98. The monoisotopic (exact) mass is 315 g/mol. The average Bonchev–Trinajstić information content (AvgIpc) is 3.17. The van der Waals surface area contributed by atoms with Crippen LogP contribution in [0.1, 0.15) is 18.6 Å². The first-order valence-electron chi connectivity index (χ1n) is 6.64. The number of halogens is 1. The molecule has 2 aromatic carbocycles. The van der Waals surface area contributed by atoms with E-state index in [4.69, 9.17) is 4.42 Å². The van der Waals surface area contributed by atoms with E-state index in [9.17, 15) is 0 Å². The van der Waals surface area contributed by atoms with Crippen molar-refractivity contribution >= 4 is 37.7 Å². The molecule has 0 saturated heterocycles. The summed E-state index contributed by atoms with van der Waals surface area (Å²) in [7, 11) is 0. The van der Waals surface area contributed by atoms with E-state index in [0.29, 0.717) is 6.04 Å². The zero-order valence-electron chi connectivity index (χ0n) is 10.4. The van der Waals surface area contributed by atoms with E-state index in [2.05, 4.69) is 57.6 Å². The van der Waals surface area contributed by atoms with Gasteiger partial charge in [0.05, 0.1) is 11.0 Å². The van der Waals surface area contributed by atoms with E-state index in [1.807, 2.05) is 0 Å². The molecule has 1 aliphatic rings. The molecule has 2 nitrogen and oxygen atoms in total. The van der Waals surface area contributed by atoms with Crippen molar-refractivity contribution in [2.24, 2.45) is 0 Å². The molecule has 1 aliphatic carbocycles. The fourth-order valence-corrected chi connectivity index (χ4v) is 3.14. The predicted molar refractivity (Wildman–Crippen MR) is 81.3 cm³/mol. The molecule has 1 heterocycles. The molecule has 3 aromatic rings. The third-order valence-corrected chi connectivity index (χ3v) is 4.45. The van der Waals surface area contributed by atoms with E-state index >= 15 is 0 Å². The topological polar surface area (TPSA) is 25.2 Å². The van der Waals surface area contributed by atoms with E-state index in [1.54, 1.807) is 0 Å². The van der Waals surface area contributed by atoms with Crippen LogP contribution in [0.3, 0.4) is 0 Å². The first-order valence-corrected chi connectivity index (χ1v) is 7.43. The molecule has 0 atom stereocenters.